The number of hydrogen-bond donors (Lipinski definition) is 2. The number of rotatable bonds is 2. The molecule has 1 aromatic heterocycles. The third kappa shape index (κ3) is 2.06. The van der Waals surface area contributed by atoms with Crippen LogP contribution in [0.1, 0.15) is 5.69 Å². The van der Waals surface area contributed by atoms with E-state index in [1.54, 1.807) is 4.68 Å². The summed E-state index contributed by atoms with van der Waals surface area (Å²) in [7, 11) is 1.86. The van der Waals surface area contributed by atoms with Gasteiger partial charge in [-0.1, -0.05) is 0 Å². The first-order valence-corrected chi connectivity index (χ1v) is 5.97. The fourth-order valence-electron chi connectivity index (χ4n) is 2.08. The molecule has 98 valence electrons. The molecule has 0 saturated carbocycles. The van der Waals surface area contributed by atoms with Gasteiger partial charge >= 0.3 is 0 Å². The summed E-state index contributed by atoms with van der Waals surface area (Å²) in [5.74, 6) is 0.534. The van der Waals surface area contributed by atoms with Crippen molar-refractivity contribution in [3.05, 3.63) is 30.0 Å². The molecule has 0 saturated heterocycles. The predicted molar refractivity (Wildman–Crippen MR) is 70.7 cm³/mol. The summed E-state index contributed by atoms with van der Waals surface area (Å²) >= 11 is 0. The Hall–Kier alpha value is -2.34. The third-order valence-corrected chi connectivity index (χ3v) is 3.09. The topological polar surface area (TPSA) is 82.2 Å². The molecule has 2 heterocycles. The highest BCUT2D eigenvalue weighted by atomic mass is 16.5. The molecule has 1 aliphatic rings. The number of nitrogens with two attached hydrogens (primary N) is 1. The van der Waals surface area contributed by atoms with Gasteiger partial charge in [-0.15, -0.1) is 0 Å². The summed E-state index contributed by atoms with van der Waals surface area (Å²) in [6.07, 6.45) is 0. The molecule has 2 aromatic rings. The molecule has 0 bridgehead atoms. The van der Waals surface area contributed by atoms with Crippen LogP contribution < -0.4 is 15.8 Å². The molecule has 19 heavy (non-hydrogen) atoms. The number of carbonyl (C=O) groups excluding carboxylic acids is 1. The molecule has 0 fully saturated rings. The molecule has 6 nitrogen and oxygen atoms in total. The van der Waals surface area contributed by atoms with Crippen LogP contribution >= 0.6 is 0 Å². The monoisotopic (exact) mass is 258 g/mol. The maximum Gasteiger partial charge on any atom is 0.262 e. The average molecular weight is 258 g/mol. The van der Waals surface area contributed by atoms with Crippen molar-refractivity contribution in [1.29, 1.82) is 0 Å². The van der Waals surface area contributed by atoms with Gasteiger partial charge in [-0.25, -0.2) is 0 Å². The zero-order chi connectivity index (χ0) is 13.4. The van der Waals surface area contributed by atoms with Crippen molar-refractivity contribution in [1.82, 2.24) is 9.78 Å². The highest BCUT2D eigenvalue weighted by molar-refractivity contribution is 5.96. The molecule has 0 atom stereocenters. The Kier molecular flexibility index (Phi) is 2.72. The van der Waals surface area contributed by atoms with Gasteiger partial charge in [0.15, 0.2) is 6.61 Å². The van der Waals surface area contributed by atoms with E-state index < -0.39 is 0 Å². The quantitative estimate of drug-likeness (QED) is 0.837. The highest BCUT2D eigenvalue weighted by Crippen LogP contribution is 2.32. The van der Waals surface area contributed by atoms with Gasteiger partial charge in [-0.05, 0) is 24.3 Å². The van der Waals surface area contributed by atoms with E-state index in [1.807, 2.05) is 31.3 Å². The van der Waals surface area contributed by atoms with Crippen molar-refractivity contribution in [2.45, 2.75) is 6.54 Å². The minimum absolute atomic E-state index is 0.0628. The molecule has 1 aliphatic heterocycles. The van der Waals surface area contributed by atoms with Crippen molar-refractivity contribution in [2.24, 2.45) is 12.8 Å². The Morgan fingerprint density at radius 3 is 3.05 bits per heavy atom. The van der Waals surface area contributed by atoms with E-state index in [-0.39, 0.29) is 12.5 Å². The first kappa shape index (κ1) is 11.7. The van der Waals surface area contributed by atoms with Gasteiger partial charge in [0.1, 0.15) is 5.75 Å². The first-order chi connectivity index (χ1) is 9.17. The number of amides is 1. The largest absolute Gasteiger partial charge is 0.482 e. The lowest BCUT2D eigenvalue weighted by atomic mass is 10.1. The number of aryl methyl sites for hydroxylation is 1. The summed E-state index contributed by atoms with van der Waals surface area (Å²) in [4.78, 5) is 11.3. The second-order valence-electron chi connectivity index (χ2n) is 4.40. The number of nitrogens with zero attached hydrogens (tertiary/aromatic N) is 2. The number of ether oxygens (including phenoxy) is 1. The second-order valence-corrected chi connectivity index (χ2v) is 4.40. The van der Waals surface area contributed by atoms with E-state index in [1.165, 1.54) is 0 Å². The SMILES string of the molecule is Cn1nc(-c2ccc3c(c2)NC(=O)CO3)cc1CN. The maximum atomic E-state index is 11.3. The lowest BCUT2D eigenvalue weighted by Gasteiger charge is -2.18. The minimum Gasteiger partial charge on any atom is -0.482 e. The molecule has 3 N–H and O–H groups in total. The molecule has 1 amide bonds. The maximum absolute atomic E-state index is 11.3. The highest BCUT2D eigenvalue weighted by Gasteiger charge is 2.17. The van der Waals surface area contributed by atoms with E-state index >= 15 is 0 Å². The summed E-state index contributed by atoms with van der Waals surface area (Å²) in [6.45, 7) is 0.502. The Labute approximate surface area is 110 Å². The normalized spacial score (nSPS) is 13.7. The van der Waals surface area contributed by atoms with E-state index in [4.69, 9.17) is 10.5 Å². The fraction of sp³-hybridized carbons (Fsp3) is 0.231. The van der Waals surface area contributed by atoms with Crippen LogP contribution in [0.5, 0.6) is 5.75 Å². The molecule has 1 aromatic carbocycles. The van der Waals surface area contributed by atoms with Crippen LogP contribution in [0.3, 0.4) is 0 Å². The van der Waals surface area contributed by atoms with E-state index in [9.17, 15) is 4.79 Å². The summed E-state index contributed by atoms with van der Waals surface area (Å²) in [5.41, 5.74) is 9.00. The van der Waals surface area contributed by atoms with Gasteiger partial charge in [-0.2, -0.15) is 5.10 Å². The Morgan fingerprint density at radius 2 is 2.32 bits per heavy atom. The number of hydrogen-bond acceptors (Lipinski definition) is 4. The van der Waals surface area contributed by atoms with Gasteiger partial charge in [-0.3, -0.25) is 9.48 Å². The molecule has 0 radical (unpaired) electrons. The fourth-order valence-corrected chi connectivity index (χ4v) is 2.08. The van der Waals surface area contributed by atoms with E-state index in [2.05, 4.69) is 10.4 Å². The summed E-state index contributed by atoms with van der Waals surface area (Å²) < 4.78 is 7.07. The van der Waals surface area contributed by atoms with Gasteiger partial charge in [0.25, 0.3) is 5.91 Å². The van der Waals surface area contributed by atoms with Gasteiger partial charge in [0.05, 0.1) is 17.1 Å². The van der Waals surface area contributed by atoms with E-state index in [0.717, 1.165) is 17.0 Å². The number of anilines is 1. The van der Waals surface area contributed by atoms with Crippen LogP contribution in [0.2, 0.25) is 0 Å². The second kappa shape index (κ2) is 4.40. The van der Waals surface area contributed by atoms with Gasteiger partial charge in [0.2, 0.25) is 0 Å². The zero-order valence-corrected chi connectivity index (χ0v) is 10.5. The minimum atomic E-state index is -0.145. The Balaban J connectivity index is 2.01. The van der Waals surface area contributed by atoms with Crippen LogP contribution in [0.25, 0.3) is 11.3 Å². The molecule has 0 spiro atoms. The van der Waals surface area contributed by atoms with Crippen molar-refractivity contribution in [2.75, 3.05) is 11.9 Å². The summed E-state index contributed by atoms with van der Waals surface area (Å²) in [5, 5.41) is 7.19. The first-order valence-electron chi connectivity index (χ1n) is 5.97. The van der Waals surface area contributed by atoms with Crippen LogP contribution in [0.15, 0.2) is 24.3 Å². The third-order valence-electron chi connectivity index (χ3n) is 3.09. The molecular formula is C13H14N4O2. The van der Waals surface area contributed by atoms with Crippen LogP contribution in [-0.2, 0) is 18.4 Å². The smallest absolute Gasteiger partial charge is 0.262 e. The average Bonchev–Trinajstić information content (AvgIpc) is 2.79. The van der Waals surface area contributed by atoms with Crippen LogP contribution in [0, 0.1) is 0 Å². The zero-order valence-electron chi connectivity index (χ0n) is 10.5. The number of benzene rings is 1. The number of carbonyl (C=O) groups is 1. The lowest BCUT2D eigenvalue weighted by Crippen LogP contribution is -2.25. The van der Waals surface area contributed by atoms with Crippen molar-refractivity contribution in [3.63, 3.8) is 0 Å². The van der Waals surface area contributed by atoms with Crippen LogP contribution in [0.4, 0.5) is 5.69 Å². The van der Waals surface area contributed by atoms with Crippen molar-refractivity contribution < 1.29 is 9.53 Å². The number of fused-ring (bicyclic) bond motifs is 1. The predicted octanol–water partition coefficient (Wildman–Crippen LogP) is 0.877. The number of aromatic nitrogens is 2. The molecule has 0 aliphatic carbocycles. The lowest BCUT2D eigenvalue weighted by molar-refractivity contribution is -0.118. The molecular weight excluding hydrogens is 244 g/mol. The standard InChI is InChI=1S/C13H14N4O2/c1-17-9(6-14)5-10(16-17)8-2-3-12-11(4-8)15-13(18)7-19-12/h2-5H,6-7,14H2,1H3,(H,15,18). The van der Waals surface area contributed by atoms with Crippen molar-refractivity contribution >= 4 is 11.6 Å². The Bertz CT molecular complexity index is 648. The number of nitrogens with one attached hydrogen (secondary N) is 1. The van der Waals surface area contributed by atoms with Crippen molar-refractivity contribution in [3.8, 4) is 17.0 Å². The molecule has 6 heteroatoms. The summed E-state index contributed by atoms with van der Waals surface area (Å²) in [6, 6.07) is 7.54. The molecule has 0 unspecified atom stereocenters. The molecule has 3 rings (SSSR count). The van der Waals surface area contributed by atoms with Gasteiger partial charge < -0.3 is 15.8 Å². The van der Waals surface area contributed by atoms with Crippen LogP contribution in [-0.4, -0.2) is 22.3 Å². The van der Waals surface area contributed by atoms with Gasteiger partial charge in [0, 0.05) is 19.2 Å². The van der Waals surface area contributed by atoms with E-state index in [0.29, 0.717) is 18.0 Å². The Morgan fingerprint density at radius 1 is 1.47 bits per heavy atom.